The lowest BCUT2D eigenvalue weighted by atomic mass is 10.3. The molecular formula is C14H15N3O5. The van der Waals surface area contributed by atoms with E-state index < -0.39 is 6.10 Å². The lowest BCUT2D eigenvalue weighted by Crippen LogP contribution is -2.35. The lowest BCUT2D eigenvalue weighted by molar-refractivity contribution is 0.0843. The zero-order valence-corrected chi connectivity index (χ0v) is 11.6. The molecule has 22 heavy (non-hydrogen) atoms. The number of aromatic nitrogens is 2. The smallest absolute Gasteiger partial charge is 0.254 e. The van der Waals surface area contributed by atoms with Crippen LogP contribution in [0.25, 0.3) is 0 Å². The van der Waals surface area contributed by atoms with Gasteiger partial charge in [0.2, 0.25) is 6.79 Å². The van der Waals surface area contributed by atoms with Crippen molar-refractivity contribution in [1.29, 1.82) is 0 Å². The van der Waals surface area contributed by atoms with Gasteiger partial charge in [-0.25, -0.2) is 0 Å². The maximum atomic E-state index is 11.7. The highest BCUT2D eigenvalue weighted by atomic mass is 16.7. The van der Waals surface area contributed by atoms with Crippen LogP contribution in [0.4, 0.5) is 0 Å². The molecule has 3 N–H and O–H groups in total. The molecule has 1 atom stereocenters. The molecular weight excluding hydrogens is 290 g/mol. The third-order valence-corrected chi connectivity index (χ3v) is 3.05. The summed E-state index contributed by atoms with van der Waals surface area (Å²) >= 11 is 0. The molecule has 3 rings (SSSR count). The molecule has 116 valence electrons. The van der Waals surface area contributed by atoms with Gasteiger partial charge in [0.1, 0.15) is 18.5 Å². The van der Waals surface area contributed by atoms with E-state index in [-0.39, 0.29) is 25.9 Å². The van der Waals surface area contributed by atoms with Crippen molar-refractivity contribution in [1.82, 2.24) is 15.5 Å². The van der Waals surface area contributed by atoms with Gasteiger partial charge in [-0.2, -0.15) is 5.10 Å². The Hall–Kier alpha value is -2.74. The van der Waals surface area contributed by atoms with Gasteiger partial charge in [0, 0.05) is 18.8 Å². The second-order valence-electron chi connectivity index (χ2n) is 4.68. The Morgan fingerprint density at radius 2 is 2.32 bits per heavy atom. The first-order valence-electron chi connectivity index (χ1n) is 6.70. The van der Waals surface area contributed by atoms with E-state index in [1.807, 2.05) is 0 Å². The number of carbonyl (C=O) groups is 1. The van der Waals surface area contributed by atoms with Crippen LogP contribution in [0, 0.1) is 0 Å². The molecule has 0 bridgehead atoms. The molecule has 8 nitrogen and oxygen atoms in total. The van der Waals surface area contributed by atoms with E-state index in [9.17, 15) is 9.90 Å². The largest absolute Gasteiger partial charge is 0.491 e. The van der Waals surface area contributed by atoms with Gasteiger partial charge < -0.3 is 24.6 Å². The SMILES string of the molecule is O=C(NC[C@@H](O)COc1ccc2c(c1)OCO2)c1cn[nH]c1. The number of benzene rings is 1. The molecule has 8 heteroatoms. The van der Waals surface area contributed by atoms with Crippen molar-refractivity contribution in [2.24, 2.45) is 0 Å². The number of H-pyrrole nitrogens is 1. The third-order valence-electron chi connectivity index (χ3n) is 3.05. The van der Waals surface area contributed by atoms with Gasteiger partial charge in [-0.1, -0.05) is 0 Å². The zero-order valence-electron chi connectivity index (χ0n) is 11.6. The van der Waals surface area contributed by atoms with E-state index in [0.29, 0.717) is 22.8 Å². The molecule has 2 heterocycles. The Balaban J connectivity index is 1.44. The number of ether oxygens (including phenoxy) is 3. The summed E-state index contributed by atoms with van der Waals surface area (Å²) in [5, 5.41) is 18.6. The highest BCUT2D eigenvalue weighted by molar-refractivity contribution is 5.93. The first-order chi connectivity index (χ1) is 10.7. The molecule has 1 aromatic heterocycles. The van der Waals surface area contributed by atoms with Gasteiger partial charge in [0.15, 0.2) is 11.5 Å². The van der Waals surface area contributed by atoms with Crippen LogP contribution in [0.3, 0.4) is 0 Å². The molecule has 2 aromatic rings. The highest BCUT2D eigenvalue weighted by Gasteiger charge is 2.15. The second kappa shape index (κ2) is 6.35. The van der Waals surface area contributed by atoms with Crippen LogP contribution in [0.2, 0.25) is 0 Å². The fraction of sp³-hybridized carbons (Fsp3) is 0.286. The molecule has 1 aliphatic rings. The van der Waals surface area contributed by atoms with Crippen LogP contribution in [-0.4, -0.2) is 47.3 Å². The maximum absolute atomic E-state index is 11.7. The topological polar surface area (TPSA) is 106 Å². The van der Waals surface area contributed by atoms with Crippen molar-refractivity contribution in [3.05, 3.63) is 36.2 Å². The summed E-state index contributed by atoms with van der Waals surface area (Å²) in [5.41, 5.74) is 0.406. The van der Waals surface area contributed by atoms with Gasteiger partial charge in [0.05, 0.1) is 11.8 Å². The van der Waals surface area contributed by atoms with E-state index in [4.69, 9.17) is 14.2 Å². The minimum absolute atomic E-state index is 0.0469. The number of nitrogens with zero attached hydrogens (tertiary/aromatic N) is 1. The maximum Gasteiger partial charge on any atom is 0.254 e. The first-order valence-corrected chi connectivity index (χ1v) is 6.70. The normalized spacial score (nSPS) is 13.7. The van der Waals surface area contributed by atoms with Crippen LogP contribution < -0.4 is 19.5 Å². The molecule has 0 unspecified atom stereocenters. The Morgan fingerprint density at radius 1 is 1.45 bits per heavy atom. The molecule has 0 fully saturated rings. The second-order valence-corrected chi connectivity index (χ2v) is 4.68. The number of rotatable bonds is 6. The van der Waals surface area contributed by atoms with E-state index in [0.717, 1.165) is 0 Å². The number of fused-ring (bicyclic) bond motifs is 1. The van der Waals surface area contributed by atoms with Crippen molar-refractivity contribution in [2.75, 3.05) is 19.9 Å². The van der Waals surface area contributed by atoms with Crippen molar-refractivity contribution in [3.63, 3.8) is 0 Å². The molecule has 0 aliphatic carbocycles. The Bertz CT molecular complexity index is 644. The van der Waals surface area contributed by atoms with E-state index in [2.05, 4.69) is 15.5 Å². The number of aliphatic hydroxyl groups is 1. The van der Waals surface area contributed by atoms with E-state index in [1.54, 1.807) is 18.2 Å². The van der Waals surface area contributed by atoms with Gasteiger partial charge in [-0.3, -0.25) is 9.89 Å². The predicted octanol–water partition coefficient (Wildman–Crippen LogP) is 0.308. The van der Waals surface area contributed by atoms with Crippen molar-refractivity contribution in [2.45, 2.75) is 6.10 Å². The summed E-state index contributed by atoms with van der Waals surface area (Å²) < 4.78 is 15.9. The Labute approximate surface area is 126 Å². The first kappa shape index (κ1) is 14.2. The lowest BCUT2D eigenvalue weighted by Gasteiger charge is -2.13. The number of aliphatic hydroxyl groups excluding tert-OH is 1. The summed E-state index contributed by atoms with van der Waals surface area (Å²) in [6, 6.07) is 5.16. The van der Waals surface area contributed by atoms with Gasteiger partial charge in [-0.05, 0) is 12.1 Å². The minimum Gasteiger partial charge on any atom is -0.491 e. The van der Waals surface area contributed by atoms with Gasteiger partial charge in [-0.15, -0.1) is 0 Å². The average molecular weight is 305 g/mol. The number of hydrogen-bond donors (Lipinski definition) is 3. The third kappa shape index (κ3) is 3.29. The number of hydrogen-bond acceptors (Lipinski definition) is 6. The predicted molar refractivity (Wildman–Crippen MR) is 75.0 cm³/mol. The molecule has 0 saturated carbocycles. The van der Waals surface area contributed by atoms with Gasteiger partial charge in [0.25, 0.3) is 5.91 Å². The zero-order chi connectivity index (χ0) is 15.4. The Morgan fingerprint density at radius 3 is 3.14 bits per heavy atom. The summed E-state index contributed by atoms with van der Waals surface area (Å²) in [6.07, 6.45) is 2.05. The Kier molecular flexibility index (Phi) is 4.10. The van der Waals surface area contributed by atoms with E-state index in [1.165, 1.54) is 12.4 Å². The summed E-state index contributed by atoms with van der Waals surface area (Å²) in [6.45, 7) is 0.321. The quantitative estimate of drug-likeness (QED) is 0.709. The number of aromatic amines is 1. The molecule has 1 aromatic carbocycles. The monoisotopic (exact) mass is 305 g/mol. The molecule has 1 amide bonds. The minimum atomic E-state index is -0.832. The number of nitrogens with one attached hydrogen (secondary N) is 2. The van der Waals surface area contributed by atoms with Crippen LogP contribution in [0.15, 0.2) is 30.6 Å². The highest BCUT2D eigenvalue weighted by Crippen LogP contribution is 2.35. The molecule has 1 aliphatic heterocycles. The van der Waals surface area contributed by atoms with Crippen LogP contribution in [0.1, 0.15) is 10.4 Å². The van der Waals surface area contributed by atoms with Crippen LogP contribution in [0.5, 0.6) is 17.2 Å². The van der Waals surface area contributed by atoms with Crippen molar-refractivity contribution < 1.29 is 24.1 Å². The van der Waals surface area contributed by atoms with E-state index >= 15 is 0 Å². The molecule has 0 saturated heterocycles. The fourth-order valence-electron chi connectivity index (χ4n) is 1.91. The fourth-order valence-corrected chi connectivity index (χ4v) is 1.91. The standard InChI is InChI=1S/C14H15N3O5/c18-10(6-15-14(19)9-4-16-17-5-9)7-20-11-1-2-12-13(3-11)22-8-21-12/h1-5,10,18H,6-8H2,(H,15,19)(H,16,17)/t10-/m1/s1. The van der Waals surface area contributed by atoms with Gasteiger partial charge >= 0.3 is 0 Å². The molecule has 0 spiro atoms. The number of carbonyl (C=O) groups excluding carboxylic acids is 1. The van der Waals surface area contributed by atoms with Crippen molar-refractivity contribution >= 4 is 5.91 Å². The van der Waals surface area contributed by atoms with Crippen LogP contribution in [-0.2, 0) is 0 Å². The average Bonchev–Trinajstić information content (AvgIpc) is 3.20. The van der Waals surface area contributed by atoms with Crippen LogP contribution >= 0.6 is 0 Å². The van der Waals surface area contributed by atoms with Crippen molar-refractivity contribution in [3.8, 4) is 17.2 Å². The summed E-state index contributed by atoms with van der Waals surface area (Å²) in [4.78, 5) is 11.7. The number of amides is 1. The summed E-state index contributed by atoms with van der Waals surface area (Å²) in [7, 11) is 0. The molecule has 0 radical (unpaired) electrons. The summed E-state index contributed by atoms with van der Waals surface area (Å²) in [5.74, 6) is 1.53.